The van der Waals surface area contributed by atoms with Gasteiger partial charge in [-0.05, 0) is 33.7 Å². The average Bonchev–Trinajstić information content (AvgIpc) is 2.84. The van der Waals surface area contributed by atoms with Crippen LogP contribution >= 0.6 is 0 Å². The van der Waals surface area contributed by atoms with Crippen LogP contribution in [0.1, 0.15) is 26.7 Å². The number of hydrogen-bond acceptors (Lipinski definition) is 3. The van der Waals surface area contributed by atoms with Gasteiger partial charge in [0.25, 0.3) is 0 Å². The zero-order valence-corrected chi connectivity index (χ0v) is 9.45. The van der Waals surface area contributed by atoms with E-state index in [1.165, 1.54) is 0 Å². The van der Waals surface area contributed by atoms with Crippen LogP contribution < -0.4 is 0 Å². The number of nitrogens with zero attached hydrogens (tertiary/aromatic N) is 1. The highest BCUT2D eigenvalue weighted by Crippen LogP contribution is 2.29. The highest BCUT2D eigenvalue weighted by atomic mass is 16.5. The summed E-state index contributed by atoms with van der Waals surface area (Å²) in [5.74, 6) is 0.778. The van der Waals surface area contributed by atoms with Crippen LogP contribution in [0.25, 0.3) is 0 Å². The summed E-state index contributed by atoms with van der Waals surface area (Å²) in [6.07, 6.45) is 2.49. The predicted octanol–water partition coefficient (Wildman–Crippen LogP) is 1.32. The third-order valence-electron chi connectivity index (χ3n) is 2.38. The molecule has 0 aromatic rings. The van der Waals surface area contributed by atoms with Crippen LogP contribution in [0.2, 0.25) is 0 Å². The van der Waals surface area contributed by atoms with E-state index in [0.717, 1.165) is 19.4 Å². The second-order valence-electron chi connectivity index (χ2n) is 4.40. The van der Waals surface area contributed by atoms with Crippen LogP contribution in [0.15, 0.2) is 0 Å². The predicted molar refractivity (Wildman–Crippen MR) is 56.3 cm³/mol. The van der Waals surface area contributed by atoms with Crippen LogP contribution in [0, 0.1) is 5.92 Å². The van der Waals surface area contributed by atoms with Crippen molar-refractivity contribution in [3.63, 3.8) is 0 Å². The first-order valence-corrected chi connectivity index (χ1v) is 5.42. The Morgan fingerprint density at radius 2 is 2.14 bits per heavy atom. The van der Waals surface area contributed by atoms with Crippen LogP contribution in [0.5, 0.6) is 0 Å². The smallest absolute Gasteiger partial charge is 0.149 e. The molecule has 1 aliphatic carbocycles. The van der Waals surface area contributed by atoms with E-state index < -0.39 is 0 Å². The molecule has 14 heavy (non-hydrogen) atoms. The summed E-state index contributed by atoms with van der Waals surface area (Å²) in [5, 5.41) is 0. The van der Waals surface area contributed by atoms with Crippen molar-refractivity contribution in [1.29, 1.82) is 0 Å². The van der Waals surface area contributed by atoms with Crippen LogP contribution in [0.3, 0.4) is 0 Å². The topological polar surface area (TPSA) is 29.5 Å². The molecule has 1 saturated carbocycles. The van der Waals surface area contributed by atoms with E-state index in [2.05, 4.69) is 0 Å². The Morgan fingerprint density at radius 1 is 1.50 bits per heavy atom. The zero-order valence-electron chi connectivity index (χ0n) is 9.45. The molecular formula is C11H21NO2. The fourth-order valence-electron chi connectivity index (χ4n) is 1.32. The van der Waals surface area contributed by atoms with Crippen molar-refractivity contribution in [2.24, 2.45) is 5.92 Å². The Morgan fingerprint density at radius 3 is 2.64 bits per heavy atom. The van der Waals surface area contributed by atoms with Gasteiger partial charge in [-0.15, -0.1) is 0 Å². The summed E-state index contributed by atoms with van der Waals surface area (Å²) in [7, 11) is 1.98. The maximum absolute atomic E-state index is 11.4. The molecule has 0 bridgehead atoms. The first kappa shape index (κ1) is 11.7. The SMILES string of the molecule is CC(C)OCCN(C)CC(=O)C1CC1. The van der Waals surface area contributed by atoms with E-state index in [9.17, 15) is 4.79 Å². The lowest BCUT2D eigenvalue weighted by molar-refractivity contribution is -0.121. The normalized spacial score (nSPS) is 16.6. The van der Waals surface area contributed by atoms with Crippen molar-refractivity contribution in [3.8, 4) is 0 Å². The van der Waals surface area contributed by atoms with Gasteiger partial charge in [0.05, 0.1) is 19.3 Å². The summed E-state index contributed by atoms with van der Waals surface area (Å²) < 4.78 is 5.42. The van der Waals surface area contributed by atoms with Crippen LogP contribution in [-0.2, 0) is 9.53 Å². The molecule has 0 amide bonds. The minimum Gasteiger partial charge on any atom is -0.377 e. The Hall–Kier alpha value is -0.410. The fourth-order valence-corrected chi connectivity index (χ4v) is 1.32. The molecule has 0 spiro atoms. The van der Waals surface area contributed by atoms with Crippen molar-refractivity contribution < 1.29 is 9.53 Å². The van der Waals surface area contributed by atoms with Crippen molar-refractivity contribution in [1.82, 2.24) is 4.90 Å². The van der Waals surface area contributed by atoms with Gasteiger partial charge in [0.2, 0.25) is 0 Å². The fraction of sp³-hybridized carbons (Fsp3) is 0.909. The van der Waals surface area contributed by atoms with Gasteiger partial charge < -0.3 is 4.74 Å². The van der Waals surface area contributed by atoms with E-state index in [0.29, 0.717) is 24.9 Å². The molecule has 82 valence electrons. The second kappa shape index (κ2) is 5.47. The van der Waals surface area contributed by atoms with E-state index in [4.69, 9.17) is 4.74 Å². The van der Waals surface area contributed by atoms with E-state index in [1.807, 2.05) is 25.8 Å². The lowest BCUT2D eigenvalue weighted by Crippen LogP contribution is -2.30. The molecule has 3 heteroatoms. The Kier molecular flexibility index (Phi) is 4.55. The van der Waals surface area contributed by atoms with Crippen LogP contribution in [-0.4, -0.2) is 43.5 Å². The number of likely N-dealkylation sites (N-methyl/N-ethyl adjacent to an activating group) is 1. The number of hydrogen-bond donors (Lipinski definition) is 0. The van der Waals surface area contributed by atoms with Gasteiger partial charge in [0.15, 0.2) is 0 Å². The molecule has 0 N–H and O–H groups in total. The zero-order chi connectivity index (χ0) is 10.6. The number of carbonyl (C=O) groups excluding carboxylic acids is 1. The number of rotatable bonds is 7. The summed E-state index contributed by atoms with van der Waals surface area (Å²) in [6, 6.07) is 0. The van der Waals surface area contributed by atoms with Crippen molar-refractivity contribution >= 4 is 5.78 Å². The summed E-state index contributed by atoms with van der Waals surface area (Å²) in [6.45, 7) is 6.19. The number of Topliss-reactive ketones (excluding diaryl/α,β-unsaturated/α-hetero) is 1. The van der Waals surface area contributed by atoms with E-state index in [-0.39, 0.29) is 6.10 Å². The average molecular weight is 199 g/mol. The highest BCUT2D eigenvalue weighted by Gasteiger charge is 2.29. The number of ketones is 1. The largest absolute Gasteiger partial charge is 0.377 e. The molecule has 1 rings (SSSR count). The van der Waals surface area contributed by atoms with Crippen LogP contribution in [0.4, 0.5) is 0 Å². The summed E-state index contributed by atoms with van der Waals surface area (Å²) in [4.78, 5) is 13.5. The van der Waals surface area contributed by atoms with Gasteiger partial charge in [0, 0.05) is 12.5 Å². The van der Waals surface area contributed by atoms with E-state index in [1.54, 1.807) is 0 Å². The molecule has 0 aliphatic heterocycles. The summed E-state index contributed by atoms with van der Waals surface area (Å²) in [5.41, 5.74) is 0. The maximum atomic E-state index is 11.4. The lowest BCUT2D eigenvalue weighted by Gasteiger charge is -2.16. The molecule has 0 unspecified atom stereocenters. The molecule has 0 saturated heterocycles. The molecule has 0 radical (unpaired) electrons. The van der Waals surface area contributed by atoms with Gasteiger partial charge >= 0.3 is 0 Å². The number of ether oxygens (including phenoxy) is 1. The van der Waals surface area contributed by atoms with Gasteiger partial charge in [-0.25, -0.2) is 0 Å². The molecule has 0 atom stereocenters. The standard InChI is InChI=1S/C11H21NO2/c1-9(2)14-7-6-12(3)8-11(13)10-4-5-10/h9-10H,4-8H2,1-3H3. The molecule has 3 nitrogen and oxygen atoms in total. The highest BCUT2D eigenvalue weighted by molar-refractivity contribution is 5.84. The molecule has 0 heterocycles. The van der Waals surface area contributed by atoms with Gasteiger partial charge in [-0.2, -0.15) is 0 Å². The Bertz CT molecular complexity index is 188. The Labute approximate surface area is 86.4 Å². The molecule has 0 aromatic heterocycles. The third kappa shape index (κ3) is 4.72. The molecular weight excluding hydrogens is 178 g/mol. The third-order valence-corrected chi connectivity index (χ3v) is 2.38. The van der Waals surface area contributed by atoms with E-state index >= 15 is 0 Å². The van der Waals surface area contributed by atoms with Gasteiger partial charge in [-0.1, -0.05) is 0 Å². The van der Waals surface area contributed by atoms with Crippen molar-refractivity contribution in [2.45, 2.75) is 32.8 Å². The maximum Gasteiger partial charge on any atom is 0.149 e. The minimum atomic E-state index is 0.280. The molecule has 0 aromatic carbocycles. The number of carbonyl (C=O) groups is 1. The molecule has 1 aliphatic rings. The molecule has 1 fully saturated rings. The monoisotopic (exact) mass is 199 g/mol. The summed E-state index contributed by atoms with van der Waals surface area (Å²) >= 11 is 0. The van der Waals surface area contributed by atoms with Crippen molar-refractivity contribution in [3.05, 3.63) is 0 Å². The van der Waals surface area contributed by atoms with Crippen molar-refractivity contribution in [2.75, 3.05) is 26.7 Å². The quantitative estimate of drug-likeness (QED) is 0.619. The first-order chi connectivity index (χ1) is 6.59. The van der Waals surface area contributed by atoms with Gasteiger partial charge in [-0.3, -0.25) is 9.69 Å². The first-order valence-electron chi connectivity index (χ1n) is 5.42. The Balaban J connectivity index is 2.03. The lowest BCUT2D eigenvalue weighted by atomic mass is 10.2. The minimum absolute atomic E-state index is 0.280. The second-order valence-corrected chi connectivity index (χ2v) is 4.40. The van der Waals surface area contributed by atoms with Gasteiger partial charge in [0.1, 0.15) is 5.78 Å².